The largest absolute Gasteiger partial charge is 0.228 e. The van der Waals surface area contributed by atoms with Crippen molar-refractivity contribution in [3.8, 4) is 0 Å². The zero-order valence-corrected chi connectivity index (χ0v) is 11.1. The van der Waals surface area contributed by atoms with Gasteiger partial charge in [-0.25, -0.2) is 8.97 Å². The van der Waals surface area contributed by atoms with Crippen molar-refractivity contribution >= 4 is 16.8 Å². The molecular formula is C14H19FNS+. The Morgan fingerprint density at radius 1 is 1.18 bits per heavy atom. The Labute approximate surface area is 107 Å². The molecule has 0 aromatic heterocycles. The van der Waals surface area contributed by atoms with Gasteiger partial charge in [0.2, 0.25) is 5.04 Å². The zero-order valence-electron chi connectivity index (χ0n) is 10.3. The van der Waals surface area contributed by atoms with Crippen molar-refractivity contribution in [2.75, 3.05) is 19.3 Å². The lowest BCUT2D eigenvalue weighted by Crippen LogP contribution is -2.26. The highest BCUT2D eigenvalue weighted by molar-refractivity contribution is 8.13. The van der Waals surface area contributed by atoms with E-state index in [0.29, 0.717) is 0 Å². The minimum atomic E-state index is -0.155. The first kappa shape index (κ1) is 12.6. The standard InChI is InChI=1S/C14H19FNS/c1-17-14(16-9-3-2-4-10-16)11-12-5-7-13(15)8-6-12/h5-8H,2-4,9-11H2,1H3/q+1. The van der Waals surface area contributed by atoms with Crippen molar-refractivity contribution in [1.29, 1.82) is 0 Å². The van der Waals surface area contributed by atoms with Crippen LogP contribution < -0.4 is 0 Å². The molecule has 92 valence electrons. The molecule has 1 fully saturated rings. The van der Waals surface area contributed by atoms with Gasteiger partial charge < -0.3 is 0 Å². The second-order valence-electron chi connectivity index (χ2n) is 4.45. The average Bonchev–Trinajstić information content (AvgIpc) is 2.39. The van der Waals surface area contributed by atoms with E-state index in [1.54, 1.807) is 12.1 Å². The van der Waals surface area contributed by atoms with Gasteiger partial charge in [-0.1, -0.05) is 23.9 Å². The molecule has 1 nitrogen and oxygen atoms in total. The molecule has 0 radical (unpaired) electrons. The molecule has 1 saturated heterocycles. The van der Waals surface area contributed by atoms with E-state index in [1.807, 2.05) is 23.9 Å². The summed E-state index contributed by atoms with van der Waals surface area (Å²) in [6.45, 7) is 2.36. The molecule has 0 saturated carbocycles. The van der Waals surface area contributed by atoms with Crippen LogP contribution in [0, 0.1) is 5.82 Å². The maximum Gasteiger partial charge on any atom is 0.214 e. The molecule has 0 bridgehead atoms. The Hall–Kier alpha value is -0.830. The van der Waals surface area contributed by atoms with Crippen LogP contribution in [0.15, 0.2) is 24.3 Å². The molecule has 0 spiro atoms. The second-order valence-corrected chi connectivity index (χ2v) is 5.33. The number of piperidine rings is 1. The summed E-state index contributed by atoms with van der Waals surface area (Å²) in [5, 5.41) is 1.41. The summed E-state index contributed by atoms with van der Waals surface area (Å²) < 4.78 is 15.3. The number of nitrogens with zero attached hydrogens (tertiary/aromatic N) is 1. The number of halogens is 1. The monoisotopic (exact) mass is 252 g/mol. The third-order valence-corrected chi connectivity index (χ3v) is 4.09. The quantitative estimate of drug-likeness (QED) is 0.576. The minimum Gasteiger partial charge on any atom is -0.228 e. The topological polar surface area (TPSA) is 3.01 Å². The number of hydrogen-bond acceptors (Lipinski definition) is 1. The summed E-state index contributed by atoms with van der Waals surface area (Å²) in [5.41, 5.74) is 1.20. The Morgan fingerprint density at radius 3 is 2.41 bits per heavy atom. The van der Waals surface area contributed by atoms with Gasteiger partial charge in [-0.15, -0.1) is 0 Å². The van der Waals surface area contributed by atoms with E-state index in [1.165, 1.54) is 43.0 Å². The molecule has 1 heterocycles. The third-order valence-electron chi connectivity index (χ3n) is 3.21. The summed E-state index contributed by atoms with van der Waals surface area (Å²) in [7, 11) is 0. The van der Waals surface area contributed by atoms with Crippen molar-refractivity contribution in [2.45, 2.75) is 25.7 Å². The van der Waals surface area contributed by atoms with Gasteiger partial charge in [-0.05, 0) is 30.4 Å². The maximum atomic E-state index is 12.8. The van der Waals surface area contributed by atoms with Crippen molar-refractivity contribution in [2.24, 2.45) is 0 Å². The van der Waals surface area contributed by atoms with Gasteiger partial charge in [0.25, 0.3) is 0 Å². The Balaban J connectivity index is 2.11. The molecule has 1 aliphatic rings. The fraction of sp³-hybridized carbons (Fsp3) is 0.500. The van der Waals surface area contributed by atoms with Crippen molar-refractivity contribution in [3.63, 3.8) is 0 Å². The van der Waals surface area contributed by atoms with Crippen molar-refractivity contribution in [3.05, 3.63) is 35.6 Å². The first-order chi connectivity index (χ1) is 8.29. The summed E-state index contributed by atoms with van der Waals surface area (Å²) in [4.78, 5) is 0. The Kier molecular flexibility index (Phi) is 4.60. The molecule has 3 heteroatoms. The van der Waals surface area contributed by atoms with Crippen molar-refractivity contribution < 1.29 is 8.97 Å². The second kappa shape index (κ2) is 6.20. The fourth-order valence-electron chi connectivity index (χ4n) is 2.23. The zero-order chi connectivity index (χ0) is 12.1. The summed E-state index contributed by atoms with van der Waals surface area (Å²) in [5.74, 6) is -0.155. The van der Waals surface area contributed by atoms with E-state index in [-0.39, 0.29) is 5.82 Å². The van der Waals surface area contributed by atoms with Gasteiger partial charge in [0.15, 0.2) is 0 Å². The maximum absolute atomic E-state index is 12.8. The highest BCUT2D eigenvalue weighted by Crippen LogP contribution is 2.13. The van der Waals surface area contributed by atoms with Crippen LogP contribution in [-0.2, 0) is 6.42 Å². The van der Waals surface area contributed by atoms with Gasteiger partial charge in [-0.2, -0.15) is 0 Å². The lowest BCUT2D eigenvalue weighted by molar-refractivity contribution is -0.535. The van der Waals surface area contributed by atoms with Gasteiger partial charge >= 0.3 is 0 Å². The lowest BCUT2D eigenvalue weighted by Gasteiger charge is -2.13. The molecule has 1 aromatic rings. The van der Waals surface area contributed by atoms with Crippen LogP contribution in [0.5, 0.6) is 0 Å². The van der Waals surface area contributed by atoms with Crippen LogP contribution in [0.4, 0.5) is 4.39 Å². The average molecular weight is 252 g/mol. The van der Waals surface area contributed by atoms with E-state index in [4.69, 9.17) is 0 Å². The van der Waals surface area contributed by atoms with E-state index in [2.05, 4.69) is 10.8 Å². The molecule has 0 amide bonds. The number of hydrogen-bond donors (Lipinski definition) is 0. The van der Waals surface area contributed by atoms with E-state index >= 15 is 0 Å². The van der Waals surface area contributed by atoms with E-state index in [0.717, 1.165) is 6.42 Å². The number of thioether (sulfide) groups is 1. The summed E-state index contributed by atoms with van der Waals surface area (Å²) >= 11 is 1.82. The normalized spacial score (nSPS) is 16.0. The van der Waals surface area contributed by atoms with Gasteiger partial charge in [0, 0.05) is 12.8 Å². The first-order valence-corrected chi connectivity index (χ1v) is 7.41. The van der Waals surface area contributed by atoms with E-state index < -0.39 is 0 Å². The summed E-state index contributed by atoms with van der Waals surface area (Å²) in [6.07, 6.45) is 7.02. The molecule has 1 aromatic carbocycles. The van der Waals surface area contributed by atoms with Crippen LogP contribution in [0.2, 0.25) is 0 Å². The number of benzene rings is 1. The van der Waals surface area contributed by atoms with E-state index in [9.17, 15) is 4.39 Å². The molecule has 0 aliphatic carbocycles. The predicted molar refractivity (Wildman–Crippen MR) is 72.5 cm³/mol. The van der Waals surface area contributed by atoms with Gasteiger partial charge in [0.05, 0.1) is 6.42 Å². The lowest BCUT2D eigenvalue weighted by atomic mass is 10.1. The Morgan fingerprint density at radius 2 is 1.82 bits per heavy atom. The Bertz CT molecular complexity index is 389. The third kappa shape index (κ3) is 3.56. The summed E-state index contributed by atoms with van der Waals surface area (Å²) in [6, 6.07) is 6.86. The van der Waals surface area contributed by atoms with Gasteiger partial charge in [0.1, 0.15) is 18.9 Å². The van der Waals surface area contributed by atoms with Gasteiger partial charge in [-0.3, -0.25) is 0 Å². The molecule has 0 atom stereocenters. The highest BCUT2D eigenvalue weighted by atomic mass is 32.2. The molecular weight excluding hydrogens is 233 g/mol. The van der Waals surface area contributed by atoms with Crippen LogP contribution >= 0.6 is 11.8 Å². The molecule has 17 heavy (non-hydrogen) atoms. The van der Waals surface area contributed by atoms with Crippen LogP contribution in [0.25, 0.3) is 0 Å². The first-order valence-electron chi connectivity index (χ1n) is 6.19. The molecule has 0 unspecified atom stereocenters. The fourth-order valence-corrected chi connectivity index (χ4v) is 2.99. The van der Waals surface area contributed by atoms with Crippen molar-refractivity contribution in [1.82, 2.24) is 0 Å². The van der Waals surface area contributed by atoms with Crippen LogP contribution in [0.3, 0.4) is 0 Å². The smallest absolute Gasteiger partial charge is 0.214 e. The molecule has 2 rings (SSSR count). The predicted octanol–water partition coefficient (Wildman–Crippen LogP) is 3.33. The van der Waals surface area contributed by atoms with Crippen LogP contribution in [-0.4, -0.2) is 29.0 Å². The molecule has 0 N–H and O–H groups in total. The SMILES string of the molecule is CSC(Cc1ccc(F)cc1)=[N+]1CCCCC1. The number of rotatable bonds is 2. The minimum absolute atomic E-state index is 0.155. The molecule has 1 aliphatic heterocycles. The highest BCUT2D eigenvalue weighted by Gasteiger charge is 2.17. The van der Waals surface area contributed by atoms with Crippen LogP contribution in [0.1, 0.15) is 24.8 Å².